The highest BCUT2D eigenvalue weighted by molar-refractivity contribution is 14.0. The SMILES string of the molecule is CCNC(=NCc1ccnc(N(C)C)c1)NCCCN1CCCC1=O.I. The zero-order valence-corrected chi connectivity index (χ0v) is 18.3. The monoisotopic (exact) mass is 474 g/mol. The van der Waals surface area contributed by atoms with Gasteiger partial charge in [0.05, 0.1) is 6.54 Å². The summed E-state index contributed by atoms with van der Waals surface area (Å²) in [6, 6.07) is 4.03. The fourth-order valence-corrected chi connectivity index (χ4v) is 2.73. The third kappa shape index (κ3) is 7.35. The lowest BCUT2D eigenvalue weighted by atomic mass is 10.2. The number of guanidine groups is 1. The van der Waals surface area contributed by atoms with Crippen LogP contribution in [0.3, 0.4) is 0 Å². The Hall–Kier alpha value is -1.58. The average molecular weight is 474 g/mol. The molecule has 1 aliphatic rings. The molecule has 8 heteroatoms. The number of hydrogen-bond donors (Lipinski definition) is 2. The molecule has 1 aromatic rings. The average Bonchev–Trinajstić information content (AvgIpc) is 3.01. The number of halogens is 1. The molecule has 0 bridgehead atoms. The fourth-order valence-electron chi connectivity index (χ4n) is 2.73. The van der Waals surface area contributed by atoms with Gasteiger partial charge in [-0.3, -0.25) is 4.79 Å². The Morgan fingerprint density at radius 2 is 2.19 bits per heavy atom. The lowest BCUT2D eigenvalue weighted by Crippen LogP contribution is -2.39. The summed E-state index contributed by atoms with van der Waals surface area (Å²) in [7, 11) is 3.96. The summed E-state index contributed by atoms with van der Waals surface area (Å²) in [4.78, 5) is 24.5. The summed E-state index contributed by atoms with van der Waals surface area (Å²) in [5.74, 6) is 2.02. The van der Waals surface area contributed by atoms with Crippen molar-refractivity contribution in [2.75, 3.05) is 45.2 Å². The van der Waals surface area contributed by atoms with E-state index in [9.17, 15) is 4.79 Å². The number of pyridine rings is 1. The normalized spacial score (nSPS) is 14.2. The van der Waals surface area contributed by atoms with Crippen molar-refractivity contribution in [1.82, 2.24) is 20.5 Å². The number of nitrogens with zero attached hydrogens (tertiary/aromatic N) is 4. The summed E-state index contributed by atoms with van der Waals surface area (Å²) in [6.45, 7) is 6.00. The second-order valence-electron chi connectivity index (χ2n) is 6.38. The van der Waals surface area contributed by atoms with Gasteiger partial charge < -0.3 is 20.4 Å². The van der Waals surface area contributed by atoms with Crippen LogP contribution in [0, 0.1) is 0 Å². The molecule has 2 rings (SSSR count). The maximum Gasteiger partial charge on any atom is 0.222 e. The van der Waals surface area contributed by atoms with Gasteiger partial charge in [0.2, 0.25) is 5.91 Å². The quantitative estimate of drug-likeness (QED) is 0.261. The Bertz CT molecular complexity index is 593. The van der Waals surface area contributed by atoms with E-state index in [2.05, 4.69) is 27.5 Å². The van der Waals surface area contributed by atoms with E-state index in [1.807, 2.05) is 42.2 Å². The van der Waals surface area contributed by atoms with Crippen LogP contribution in [0.2, 0.25) is 0 Å². The maximum atomic E-state index is 11.6. The van der Waals surface area contributed by atoms with Crippen LogP contribution in [0.25, 0.3) is 0 Å². The minimum absolute atomic E-state index is 0. The molecule has 0 unspecified atom stereocenters. The van der Waals surface area contributed by atoms with Gasteiger partial charge in [0.1, 0.15) is 5.82 Å². The van der Waals surface area contributed by atoms with Crippen molar-refractivity contribution >= 4 is 41.7 Å². The summed E-state index contributed by atoms with van der Waals surface area (Å²) >= 11 is 0. The first kappa shape index (κ1) is 22.5. The van der Waals surface area contributed by atoms with Crippen molar-refractivity contribution in [1.29, 1.82) is 0 Å². The summed E-state index contributed by atoms with van der Waals surface area (Å²) in [5.41, 5.74) is 1.12. The minimum atomic E-state index is 0. The van der Waals surface area contributed by atoms with E-state index in [4.69, 9.17) is 0 Å². The summed E-state index contributed by atoms with van der Waals surface area (Å²) in [6.07, 6.45) is 4.44. The highest BCUT2D eigenvalue weighted by atomic mass is 127. The molecule has 26 heavy (non-hydrogen) atoms. The number of rotatable bonds is 8. The molecule has 0 saturated carbocycles. The number of amides is 1. The van der Waals surface area contributed by atoms with Crippen LogP contribution in [-0.2, 0) is 11.3 Å². The molecule has 2 heterocycles. The molecule has 146 valence electrons. The number of aromatic nitrogens is 1. The molecule has 2 N–H and O–H groups in total. The van der Waals surface area contributed by atoms with Crippen LogP contribution in [0.4, 0.5) is 5.82 Å². The number of nitrogens with one attached hydrogen (secondary N) is 2. The molecule has 1 saturated heterocycles. The minimum Gasteiger partial charge on any atom is -0.363 e. The highest BCUT2D eigenvalue weighted by Crippen LogP contribution is 2.10. The highest BCUT2D eigenvalue weighted by Gasteiger charge is 2.18. The predicted molar refractivity (Wildman–Crippen MR) is 117 cm³/mol. The Morgan fingerprint density at radius 3 is 2.85 bits per heavy atom. The van der Waals surface area contributed by atoms with Crippen LogP contribution < -0.4 is 15.5 Å². The molecule has 7 nitrogen and oxygen atoms in total. The molecule has 1 aromatic heterocycles. The standard InChI is InChI=1S/C18H30N6O.HI/c1-4-19-18(21-9-6-12-24-11-5-7-17(24)25)22-14-15-8-10-20-16(13-15)23(2)3;/h8,10,13H,4-7,9,11-12,14H2,1-3H3,(H2,19,21,22);1H. The van der Waals surface area contributed by atoms with Crippen molar-refractivity contribution in [2.24, 2.45) is 4.99 Å². The van der Waals surface area contributed by atoms with Gasteiger partial charge in [0, 0.05) is 52.9 Å². The van der Waals surface area contributed by atoms with E-state index >= 15 is 0 Å². The molecule has 1 fully saturated rings. The van der Waals surface area contributed by atoms with E-state index in [1.54, 1.807) is 0 Å². The van der Waals surface area contributed by atoms with Crippen LogP contribution in [0.15, 0.2) is 23.3 Å². The van der Waals surface area contributed by atoms with Crippen LogP contribution in [0.1, 0.15) is 31.7 Å². The zero-order chi connectivity index (χ0) is 18.1. The van der Waals surface area contributed by atoms with Gasteiger partial charge >= 0.3 is 0 Å². The Labute approximate surface area is 173 Å². The Balaban J connectivity index is 0.00000338. The lowest BCUT2D eigenvalue weighted by Gasteiger charge is -2.16. The third-order valence-corrected chi connectivity index (χ3v) is 4.10. The van der Waals surface area contributed by atoms with E-state index in [-0.39, 0.29) is 29.9 Å². The molecule has 0 radical (unpaired) electrons. The van der Waals surface area contributed by atoms with Crippen molar-refractivity contribution in [3.8, 4) is 0 Å². The molecule has 1 aliphatic heterocycles. The largest absolute Gasteiger partial charge is 0.363 e. The van der Waals surface area contributed by atoms with E-state index < -0.39 is 0 Å². The second kappa shape index (κ2) is 11.9. The Kier molecular flexibility index (Phi) is 10.3. The van der Waals surface area contributed by atoms with E-state index in [0.29, 0.717) is 13.0 Å². The number of hydrogen-bond acceptors (Lipinski definition) is 4. The molecule has 1 amide bonds. The number of carbonyl (C=O) groups excluding carboxylic acids is 1. The number of anilines is 1. The Morgan fingerprint density at radius 1 is 1.38 bits per heavy atom. The third-order valence-electron chi connectivity index (χ3n) is 4.10. The van der Waals surface area contributed by atoms with Gasteiger partial charge in [0.25, 0.3) is 0 Å². The first-order chi connectivity index (χ1) is 12.1. The topological polar surface area (TPSA) is 72.9 Å². The number of carbonyl (C=O) groups is 1. The van der Waals surface area contributed by atoms with E-state index in [0.717, 1.165) is 56.4 Å². The van der Waals surface area contributed by atoms with Gasteiger partial charge in [-0.05, 0) is 37.5 Å². The van der Waals surface area contributed by atoms with Crippen LogP contribution >= 0.6 is 24.0 Å². The second-order valence-corrected chi connectivity index (χ2v) is 6.38. The molecule has 0 aromatic carbocycles. The fraction of sp³-hybridized carbons (Fsp3) is 0.611. The summed E-state index contributed by atoms with van der Waals surface area (Å²) < 4.78 is 0. The maximum absolute atomic E-state index is 11.6. The first-order valence-electron chi connectivity index (χ1n) is 9.02. The van der Waals surface area contributed by atoms with Crippen molar-refractivity contribution in [3.63, 3.8) is 0 Å². The first-order valence-corrected chi connectivity index (χ1v) is 9.02. The lowest BCUT2D eigenvalue weighted by molar-refractivity contribution is -0.127. The predicted octanol–water partition coefficient (Wildman–Crippen LogP) is 1.83. The van der Waals surface area contributed by atoms with Gasteiger partial charge in [-0.1, -0.05) is 0 Å². The van der Waals surface area contributed by atoms with Gasteiger partial charge in [-0.15, -0.1) is 24.0 Å². The molecular formula is C18H31IN6O. The van der Waals surface area contributed by atoms with Crippen LogP contribution in [-0.4, -0.2) is 62.0 Å². The van der Waals surface area contributed by atoms with Gasteiger partial charge in [0.15, 0.2) is 5.96 Å². The molecule has 0 spiro atoms. The number of likely N-dealkylation sites (tertiary alicyclic amines) is 1. The number of aliphatic imine (C=N–C) groups is 1. The van der Waals surface area contributed by atoms with Crippen molar-refractivity contribution in [3.05, 3.63) is 23.9 Å². The zero-order valence-electron chi connectivity index (χ0n) is 16.0. The molecular weight excluding hydrogens is 443 g/mol. The molecule has 0 atom stereocenters. The van der Waals surface area contributed by atoms with Gasteiger partial charge in [-0.25, -0.2) is 9.98 Å². The van der Waals surface area contributed by atoms with Crippen molar-refractivity contribution in [2.45, 2.75) is 32.7 Å². The van der Waals surface area contributed by atoms with Gasteiger partial charge in [-0.2, -0.15) is 0 Å². The smallest absolute Gasteiger partial charge is 0.222 e. The van der Waals surface area contributed by atoms with Crippen molar-refractivity contribution < 1.29 is 4.79 Å². The van der Waals surface area contributed by atoms with E-state index in [1.165, 1.54) is 0 Å². The van der Waals surface area contributed by atoms with Crippen LogP contribution in [0.5, 0.6) is 0 Å². The molecule has 0 aliphatic carbocycles. The summed E-state index contributed by atoms with van der Waals surface area (Å²) in [5, 5.41) is 6.60.